The molecule has 1 aliphatic carbocycles. The van der Waals surface area contributed by atoms with Crippen molar-refractivity contribution in [2.24, 2.45) is 0 Å². The predicted molar refractivity (Wildman–Crippen MR) is 91.2 cm³/mol. The maximum absolute atomic E-state index is 12.9. The molecule has 0 heterocycles. The van der Waals surface area contributed by atoms with Crippen molar-refractivity contribution in [3.8, 4) is 11.5 Å². The third kappa shape index (κ3) is 2.48. The second-order valence-electron chi connectivity index (χ2n) is 5.99. The third-order valence-electron chi connectivity index (χ3n) is 4.50. The zero-order valence-electron chi connectivity index (χ0n) is 13.9. The quantitative estimate of drug-likeness (QED) is 0.723. The maximum atomic E-state index is 12.9. The number of rotatable bonds is 5. The Morgan fingerprint density at radius 1 is 0.958 bits per heavy atom. The number of aromatic hydroxyl groups is 1. The molecule has 0 aliphatic heterocycles. The van der Waals surface area contributed by atoms with E-state index in [0.717, 1.165) is 19.3 Å². The normalized spacial score (nSPS) is 12.8. The van der Waals surface area contributed by atoms with Crippen LogP contribution >= 0.6 is 0 Å². The number of carbonyl (C=O) groups is 2. The number of carbonyl (C=O) groups excluding carboxylic acids is 2. The van der Waals surface area contributed by atoms with Gasteiger partial charge in [0.1, 0.15) is 11.5 Å². The highest BCUT2D eigenvalue weighted by molar-refractivity contribution is 6.30. The van der Waals surface area contributed by atoms with E-state index >= 15 is 0 Å². The lowest BCUT2D eigenvalue weighted by Crippen LogP contribution is -2.22. The summed E-state index contributed by atoms with van der Waals surface area (Å²) >= 11 is 0. The smallest absolute Gasteiger partial charge is 0.201 e. The Balaban J connectivity index is 2.12. The van der Waals surface area contributed by atoms with E-state index in [9.17, 15) is 14.7 Å². The zero-order chi connectivity index (χ0) is 17.3. The summed E-state index contributed by atoms with van der Waals surface area (Å²) in [7, 11) is 1.46. The third-order valence-corrected chi connectivity index (χ3v) is 4.50. The molecular formula is C20H20O4. The summed E-state index contributed by atoms with van der Waals surface area (Å²) in [6.07, 6.45) is 3.76. The van der Waals surface area contributed by atoms with Crippen LogP contribution in [0.4, 0.5) is 0 Å². The minimum absolute atomic E-state index is 0.0708. The molecule has 4 heteroatoms. The van der Waals surface area contributed by atoms with E-state index in [4.69, 9.17) is 4.74 Å². The first-order valence-corrected chi connectivity index (χ1v) is 8.21. The van der Waals surface area contributed by atoms with Crippen molar-refractivity contribution in [2.45, 2.75) is 32.6 Å². The van der Waals surface area contributed by atoms with Gasteiger partial charge in [0.2, 0.25) is 5.78 Å². The van der Waals surface area contributed by atoms with Crippen LogP contribution in [0.3, 0.4) is 0 Å². The van der Waals surface area contributed by atoms with Gasteiger partial charge in [-0.25, -0.2) is 0 Å². The van der Waals surface area contributed by atoms with Crippen molar-refractivity contribution in [1.82, 2.24) is 0 Å². The van der Waals surface area contributed by atoms with Crippen molar-refractivity contribution in [3.05, 3.63) is 58.1 Å². The Morgan fingerprint density at radius 3 is 2.42 bits per heavy atom. The van der Waals surface area contributed by atoms with Gasteiger partial charge in [-0.05, 0) is 30.5 Å². The van der Waals surface area contributed by atoms with Crippen LogP contribution < -0.4 is 4.74 Å². The molecule has 0 radical (unpaired) electrons. The van der Waals surface area contributed by atoms with E-state index < -0.39 is 0 Å². The molecule has 4 nitrogen and oxygen atoms in total. The zero-order valence-corrected chi connectivity index (χ0v) is 13.9. The highest BCUT2D eigenvalue weighted by Crippen LogP contribution is 2.38. The highest BCUT2D eigenvalue weighted by atomic mass is 16.5. The van der Waals surface area contributed by atoms with Gasteiger partial charge in [0.25, 0.3) is 0 Å². The van der Waals surface area contributed by atoms with Crippen LogP contribution in [0, 0.1) is 0 Å². The number of hydrogen-bond acceptors (Lipinski definition) is 4. The number of ketones is 2. The maximum Gasteiger partial charge on any atom is 0.201 e. The molecule has 0 saturated heterocycles. The van der Waals surface area contributed by atoms with Crippen molar-refractivity contribution < 1.29 is 19.4 Å². The molecule has 1 aliphatic rings. The fraction of sp³-hybridized carbons (Fsp3) is 0.300. The van der Waals surface area contributed by atoms with Gasteiger partial charge in [0.05, 0.1) is 18.2 Å². The predicted octanol–water partition coefficient (Wildman–Crippen LogP) is 3.91. The minimum atomic E-state index is -0.355. The van der Waals surface area contributed by atoms with Crippen molar-refractivity contribution in [1.29, 1.82) is 0 Å². The summed E-state index contributed by atoms with van der Waals surface area (Å²) in [5.41, 5.74) is 1.63. The topological polar surface area (TPSA) is 63.6 Å². The number of fused-ring (bicyclic) bond motifs is 2. The van der Waals surface area contributed by atoms with Crippen molar-refractivity contribution in [2.75, 3.05) is 7.11 Å². The van der Waals surface area contributed by atoms with E-state index in [0.29, 0.717) is 23.3 Å². The molecule has 1 N–H and O–H groups in total. The molecule has 2 aromatic rings. The number of phenols is 1. The van der Waals surface area contributed by atoms with Crippen molar-refractivity contribution >= 4 is 11.6 Å². The first kappa shape index (κ1) is 16.2. The number of aryl methyl sites for hydroxylation is 1. The van der Waals surface area contributed by atoms with E-state index in [1.807, 2.05) is 0 Å². The van der Waals surface area contributed by atoms with Gasteiger partial charge in [-0.3, -0.25) is 9.59 Å². The van der Waals surface area contributed by atoms with E-state index in [1.165, 1.54) is 7.11 Å². The number of unbranched alkanes of at least 4 members (excludes halogenated alkanes) is 2. The fourth-order valence-electron chi connectivity index (χ4n) is 3.22. The van der Waals surface area contributed by atoms with Crippen LogP contribution in [-0.2, 0) is 6.42 Å². The van der Waals surface area contributed by atoms with E-state index in [2.05, 4.69) is 6.92 Å². The number of methoxy groups -OCH3 is 1. The van der Waals surface area contributed by atoms with Gasteiger partial charge >= 0.3 is 0 Å². The van der Waals surface area contributed by atoms with Gasteiger partial charge in [0, 0.05) is 11.1 Å². The second kappa shape index (κ2) is 6.48. The molecular weight excluding hydrogens is 304 g/mol. The standard InChI is InChI=1S/C20H20O4/c1-3-4-5-7-12-10-11-14-17(18(12)21)20(23)16-13(19(14)22)8-6-9-15(16)24-2/h6,8-11,21H,3-5,7H2,1-2H3. The average molecular weight is 324 g/mol. The molecule has 0 spiro atoms. The van der Waals surface area contributed by atoms with Gasteiger partial charge in [-0.15, -0.1) is 0 Å². The summed E-state index contributed by atoms with van der Waals surface area (Å²) in [4.78, 5) is 25.7. The van der Waals surface area contributed by atoms with Crippen molar-refractivity contribution in [3.63, 3.8) is 0 Å². The Bertz CT molecular complexity index is 821. The summed E-state index contributed by atoms with van der Waals surface area (Å²) in [5, 5.41) is 10.6. The Kier molecular flexibility index (Phi) is 4.38. The first-order valence-electron chi connectivity index (χ1n) is 8.21. The van der Waals surface area contributed by atoms with Crippen LogP contribution in [0.5, 0.6) is 11.5 Å². The van der Waals surface area contributed by atoms with Gasteiger partial charge < -0.3 is 9.84 Å². The average Bonchev–Trinajstić information content (AvgIpc) is 2.60. The highest BCUT2D eigenvalue weighted by Gasteiger charge is 2.34. The molecule has 24 heavy (non-hydrogen) atoms. The lowest BCUT2D eigenvalue weighted by molar-refractivity contribution is 0.0974. The van der Waals surface area contributed by atoms with Gasteiger partial charge in [0.15, 0.2) is 5.78 Å². The van der Waals surface area contributed by atoms with Gasteiger partial charge in [-0.2, -0.15) is 0 Å². The first-order chi connectivity index (χ1) is 11.6. The summed E-state index contributed by atoms with van der Waals surface area (Å²) in [6, 6.07) is 8.36. The Labute approximate surface area is 141 Å². The Morgan fingerprint density at radius 2 is 1.71 bits per heavy atom. The molecule has 3 rings (SSSR count). The van der Waals surface area contributed by atoms with E-state index in [-0.39, 0.29) is 34.0 Å². The molecule has 0 atom stereocenters. The van der Waals surface area contributed by atoms with Crippen LogP contribution in [0.1, 0.15) is 63.6 Å². The molecule has 0 fully saturated rings. The molecule has 0 aromatic heterocycles. The molecule has 0 saturated carbocycles. The number of phenolic OH excluding ortho intramolecular Hbond substituents is 1. The molecule has 0 amide bonds. The molecule has 2 aromatic carbocycles. The van der Waals surface area contributed by atoms with Gasteiger partial charge in [-0.1, -0.05) is 38.0 Å². The minimum Gasteiger partial charge on any atom is -0.507 e. The second-order valence-corrected chi connectivity index (χ2v) is 5.99. The monoisotopic (exact) mass is 324 g/mol. The molecule has 124 valence electrons. The lowest BCUT2D eigenvalue weighted by Gasteiger charge is -2.21. The molecule has 0 bridgehead atoms. The Hall–Kier alpha value is -2.62. The lowest BCUT2D eigenvalue weighted by atomic mass is 9.82. The summed E-state index contributed by atoms with van der Waals surface area (Å²) < 4.78 is 5.24. The van der Waals surface area contributed by atoms with Crippen LogP contribution in [-0.4, -0.2) is 23.8 Å². The fourth-order valence-corrected chi connectivity index (χ4v) is 3.22. The summed E-state index contributed by atoms with van der Waals surface area (Å²) in [5.74, 6) is -0.327. The number of benzene rings is 2. The largest absolute Gasteiger partial charge is 0.507 e. The summed E-state index contributed by atoms with van der Waals surface area (Å²) in [6.45, 7) is 2.11. The van der Waals surface area contributed by atoms with Crippen LogP contribution in [0.25, 0.3) is 0 Å². The van der Waals surface area contributed by atoms with Crippen LogP contribution in [0.15, 0.2) is 30.3 Å². The number of hydrogen-bond donors (Lipinski definition) is 1. The molecule has 0 unspecified atom stereocenters. The SMILES string of the molecule is CCCCCc1ccc2c(c1O)C(=O)c1c(OC)cccc1C2=O. The van der Waals surface area contributed by atoms with Crippen LogP contribution in [0.2, 0.25) is 0 Å². The van der Waals surface area contributed by atoms with E-state index in [1.54, 1.807) is 30.3 Å². The number of ether oxygens (including phenoxy) is 1.